The molecule has 0 atom stereocenters. The lowest BCUT2D eigenvalue weighted by Crippen LogP contribution is -2.03. The van der Waals surface area contributed by atoms with E-state index in [-0.39, 0.29) is 5.91 Å². The number of anilines is 1. The van der Waals surface area contributed by atoms with Crippen molar-refractivity contribution in [2.24, 2.45) is 0 Å². The Hall–Kier alpha value is -1.39. The van der Waals surface area contributed by atoms with Gasteiger partial charge in [-0.1, -0.05) is 45.8 Å². The molecule has 0 saturated carbocycles. The molecule has 0 fully saturated rings. The lowest BCUT2D eigenvalue weighted by atomic mass is 9.99. The Kier molecular flexibility index (Phi) is 3.76. The zero-order valence-electron chi connectivity index (χ0n) is 11.6. The third-order valence-electron chi connectivity index (χ3n) is 3.58. The van der Waals surface area contributed by atoms with Crippen molar-refractivity contribution in [1.29, 1.82) is 0 Å². The highest BCUT2D eigenvalue weighted by atomic mass is 79.9. The molecule has 4 heteroatoms. The van der Waals surface area contributed by atoms with Crippen LogP contribution >= 0.6 is 31.9 Å². The van der Waals surface area contributed by atoms with Gasteiger partial charge in [0.15, 0.2) is 0 Å². The lowest BCUT2D eigenvalue weighted by molar-refractivity contribution is -0.110. The topological polar surface area (TPSA) is 29.1 Å². The highest BCUT2D eigenvalue weighted by Crippen LogP contribution is 2.43. The van der Waals surface area contributed by atoms with Crippen molar-refractivity contribution in [3.05, 3.63) is 61.5 Å². The molecule has 1 heterocycles. The van der Waals surface area contributed by atoms with Gasteiger partial charge in [0.1, 0.15) is 0 Å². The molecule has 0 unspecified atom stereocenters. The predicted octanol–water partition coefficient (Wildman–Crippen LogP) is 5.32. The molecular formula is C17H13Br2NO. The van der Waals surface area contributed by atoms with E-state index in [1.54, 1.807) is 0 Å². The first-order chi connectivity index (χ1) is 9.97. The van der Waals surface area contributed by atoms with E-state index in [1.807, 2.05) is 44.2 Å². The summed E-state index contributed by atoms with van der Waals surface area (Å²) in [4.78, 5) is 12.3. The molecule has 1 amide bonds. The molecule has 3 rings (SSSR count). The van der Waals surface area contributed by atoms with Gasteiger partial charge in [-0.05, 0) is 53.0 Å². The van der Waals surface area contributed by atoms with Gasteiger partial charge in [-0.2, -0.15) is 0 Å². The minimum absolute atomic E-state index is 0.0617. The maximum Gasteiger partial charge on any atom is 0.256 e. The highest BCUT2D eigenvalue weighted by Gasteiger charge is 2.28. The minimum Gasteiger partial charge on any atom is -0.320 e. The van der Waals surface area contributed by atoms with Crippen LogP contribution in [0.2, 0.25) is 0 Å². The number of hydrogen-bond donors (Lipinski definition) is 1. The molecule has 2 aromatic rings. The fourth-order valence-corrected chi connectivity index (χ4v) is 3.80. The fraction of sp³-hybridized carbons (Fsp3) is 0.118. The van der Waals surface area contributed by atoms with Gasteiger partial charge < -0.3 is 5.32 Å². The molecule has 0 aromatic heterocycles. The molecule has 0 saturated heterocycles. The van der Waals surface area contributed by atoms with E-state index in [4.69, 9.17) is 0 Å². The van der Waals surface area contributed by atoms with Crippen molar-refractivity contribution in [1.82, 2.24) is 0 Å². The maximum atomic E-state index is 12.3. The standard InChI is InChI=1S/C17H13Br2NO/c1-9-4-3-5-11(6-9)7-12-15-10(2)13(18)8-14(19)16(15)20-17(12)21/h3-8H,1-2H3,(H,20,21). The summed E-state index contributed by atoms with van der Waals surface area (Å²) in [5.41, 5.74) is 5.78. The fourth-order valence-electron chi connectivity index (χ4n) is 2.54. The molecule has 0 spiro atoms. The van der Waals surface area contributed by atoms with Crippen molar-refractivity contribution in [2.45, 2.75) is 13.8 Å². The Morgan fingerprint density at radius 2 is 1.86 bits per heavy atom. The summed E-state index contributed by atoms with van der Waals surface area (Å²) in [6, 6.07) is 10.1. The van der Waals surface area contributed by atoms with E-state index in [0.717, 1.165) is 31.3 Å². The Morgan fingerprint density at radius 1 is 1.10 bits per heavy atom. The number of benzene rings is 2. The molecule has 106 valence electrons. The Labute approximate surface area is 140 Å². The zero-order valence-corrected chi connectivity index (χ0v) is 14.8. The third kappa shape index (κ3) is 2.58. The van der Waals surface area contributed by atoms with Crippen molar-refractivity contribution in [2.75, 3.05) is 5.32 Å². The molecule has 0 bridgehead atoms. The lowest BCUT2D eigenvalue weighted by Gasteiger charge is -2.08. The van der Waals surface area contributed by atoms with Crippen LogP contribution in [-0.2, 0) is 4.79 Å². The van der Waals surface area contributed by atoms with Gasteiger partial charge in [-0.3, -0.25) is 4.79 Å². The van der Waals surface area contributed by atoms with Crippen LogP contribution in [0.1, 0.15) is 22.3 Å². The van der Waals surface area contributed by atoms with E-state index < -0.39 is 0 Å². The summed E-state index contributed by atoms with van der Waals surface area (Å²) >= 11 is 7.06. The number of carbonyl (C=O) groups is 1. The monoisotopic (exact) mass is 405 g/mol. The largest absolute Gasteiger partial charge is 0.320 e. The van der Waals surface area contributed by atoms with Gasteiger partial charge in [-0.25, -0.2) is 0 Å². The maximum absolute atomic E-state index is 12.3. The summed E-state index contributed by atoms with van der Waals surface area (Å²) in [5.74, 6) is -0.0617. The molecule has 21 heavy (non-hydrogen) atoms. The van der Waals surface area contributed by atoms with Crippen molar-refractivity contribution in [3.63, 3.8) is 0 Å². The van der Waals surface area contributed by atoms with Crippen LogP contribution in [0.3, 0.4) is 0 Å². The van der Waals surface area contributed by atoms with Crippen LogP contribution < -0.4 is 5.32 Å². The van der Waals surface area contributed by atoms with E-state index in [0.29, 0.717) is 5.57 Å². The van der Waals surface area contributed by atoms with Crippen molar-refractivity contribution < 1.29 is 4.79 Å². The molecular weight excluding hydrogens is 394 g/mol. The first-order valence-electron chi connectivity index (χ1n) is 6.56. The van der Waals surface area contributed by atoms with Gasteiger partial charge in [0.05, 0.1) is 5.69 Å². The highest BCUT2D eigenvalue weighted by molar-refractivity contribution is 9.11. The average Bonchev–Trinajstić information content (AvgIpc) is 2.74. The van der Waals surface area contributed by atoms with Crippen molar-refractivity contribution in [3.8, 4) is 0 Å². The van der Waals surface area contributed by atoms with Crippen LogP contribution in [0.5, 0.6) is 0 Å². The van der Waals surface area contributed by atoms with E-state index >= 15 is 0 Å². The van der Waals surface area contributed by atoms with Gasteiger partial charge in [0, 0.05) is 20.1 Å². The van der Waals surface area contributed by atoms with E-state index in [2.05, 4.69) is 43.2 Å². The van der Waals surface area contributed by atoms with Gasteiger partial charge in [0.2, 0.25) is 0 Å². The summed E-state index contributed by atoms with van der Waals surface area (Å²) in [6.07, 6.45) is 1.94. The number of rotatable bonds is 1. The number of nitrogens with one attached hydrogen (secondary N) is 1. The van der Waals surface area contributed by atoms with Gasteiger partial charge >= 0.3 is 0 Å². The molecule has 1 aliphatic rings. The van der Waals surface area contributed by atoms with Crippen LogP contribution in [-0.4, -0.2) is 5.91 Å². The van der Waals surface area contributed by atoms with E-state index in [9.17, 15) is 4.79 Å². The van der Waals surface area contributed by atoms with Crippen LogP contribution in [0.15, 0.2) is 39.3 Å². The first-order valence-corrected chi connectivity index (χ1v) is 8.14. The number of aryl methyl sites for hydroxylation is 1. The number of fused-ring (bicyclic) bond motifs is 1. The quantitative estimate of drug-likeness (QED) is 0.638. The molecule has 1 N–H and O–H groups in total. The Balaban J connectivity index is 2.21. The summed E-state index contributed by atoms with van der Waals surface area (Å²) < 4.78 is 1.87. The normalized spacial score (nSPS) is 15.2. The number of halogens is 2. The molecule has 1 aliphatic heterocycles. The molecule has 2 nitrogen and oxygen atoms in total. The van der Waals surface area contributed by atoms with E-state index in [1.165, 1.54) is 5.56 Å². The van der Waals surface area contributed by atoms with Crippen LogP contribution in [0.4, 0.5) is 5.69 Å². The second-order valence-corrected chi connectivity index (χ2v) is 6.85. The Bertz CT molecular complexity index is 794. The SMILES string of the molecule is Cc1cccc(C=C2C(=O)Nc3c(Br)cc(Br)c(C)c32)c1. The van der Waals surface area contributed by atoms with Gasteiger partial charge in [-0.15, -0.1) is 0 Å². The molecule has 0 aliphatic carbocycles. The smallest absolute Gasteiger partial charge is 0.256 e. The first kappa shape index (κ1) is 14.5. The second-order valence-electron chi connectivity index (χ2n) is 5.14. The Morgan fingerprint density at radius 3 is 2.57 bits per heavy atom. The predicted molar refractivity (Wildman–Crippen MR) is 94.3 cm³/mol. The molecule has 2 aromatic carbocycles. The van der Waals surface area contributed by atoms with Crippen LogP contribution in [0.25, 0.3) is 11.6 Å². The zero-order chi connectivity index (χ0) is 15.1. The second kappa shape index (κ2) is 5.43. The number of amides is 1. The summed E-state index contributed by atoms with van der Waals surface area (Å²) in [6.45, 7) is 4.06. The van der Waals surface area contributed by atoms with Gasteiger partial charge in [0.25, 0.3) is 5.91 Å². The average molecular weight is 407 g/mol. The number of hydrogen-bond acceptors (Lipinski definition) is 1. The number of carbonyl (C=O) groups excluding carboxylic acids is 1. The summed E-state index contributed by atoms with van der Waals surface area (Å²) in [5, 5.41) is 2.94. The van der Waals surface area contributed by atoms with Crippen molar-refractivity contribution >= 4 is 55.1 Å². The third-order valence-corrected chi connectivity index (χ3v) is 5.03. The van der Waals surface area contributed by atoms with Crippen LogP contribution in [0, 0.1) is 13.8 Å². The molecule has 0 radical (unpaired) electrons. The minimum atomic E-state index is -0.0617. The summed E-state index contributed by atoms with van der Waals surface area (Å²) in [7, 11) is 0.